The number of rotatable bonds is 5. The molecule has 4 N–H and O–H groups in total. The Morgan fingerprint density at radius 2 is 2.10 bits per heavy atom. The van der Waals surface area contributed by atoms with Gasteiger partial charge in [-0.25, -0.2) is 9.78 Å². The minimum atomic E-state index is -1.04. The van der Waals surface area contributed by atoms with Gasteiger partial charge in [0.1, 0.15) is 9.71 Å². The molecule has 0 spiro atoms. The molecule has 6 nitrogen and oxygen atoms in total. The Hall–Kier alpha value is -2.93. The fourth-order valence-electron chi connectivity index (χ4n) is 4.23. The molecule has 31 heavy (non-hydrogen) atoms. The van der Waals surface area contributed by atoms with Gasteiger partial charge in [0.15, 0.2) is 0 Å². The van der Waals surface area contributed by atoms with Crippen molar-refractivity contribution in [3.63, 3.8) is 0 Å². The Labute approximate surface area is 185 Å². The lowest BCUT2D eigenvalue weighted by Crippen LogP contribution is -2.29. The van der Waals surface area contributed by atoms with Crippen LogP contribution in [-0.4, -0.2) is 22.0 Å². The highest BCUT2D eigenvalue weighted by Gasteiger charge is 2.32. The van der Waals surface area contributed by atoms with Crippen LogP contribution in [0.25, 0.3) is 10.2 Å². The zero-order valence-electron chi connectivity index (χ0n) is 18.0. The number of carbonyl (C=O) groups excluding carboxylic acids is 1. The summed E-state index contributed by atoms with van der Waals surface area (Å²) in [5, 5.41) is 12.7. The van der Waals surface area contributed by atoms with E-state index in [4.69, 9.17) is 15.8 Å². The Balaban J connectivity index is 1.63. The summed E-state index contributed by atoms with van der Waals surface area (Å²) in [5.74, 6) is -0.795. The fraction of sp³-hybridized carbons (Fsp3) is 0.375. The van der Waals surface area contributed by atoms with Crippen LogP contribution in [0.15, 0.2) is 30.3 Å². The average Bonchev–Trinajstić information content (AvgIpc) is 3.07. The molecule has 2 heterocycles. The van der Waals surface area contributed by atoms with Crippen molar-refractivity contribution in [2.45, 2.75) is 46.5 Å². The Kier molecular flexibility index (Phi) is 5.47. The van der Waals surface area contributed by atoms with Crippen molar-refractivity contribution in [2.75, 3.05) is 11.1 Å². The third kappa shape index (κ3) is 4.02. The third-order valence-electron chi connectivity index (χ3n) is 6.68. The largest absolute Gasteiger partial charge is 0.478 e. The maximum absolute atomic E-state index is 12.9. The maximum Gasteiger partial charge on any atom is 0.335 e. The van der Waals surface area contributed by atoms with E-state index >= 15 is 0 Å². The Bertz CT molecular complexity index is 1180. The van der Waals surface area contributed by atoms with E-state index < -0.39 is 5.97 Å². The first-order valence-corrected chi connectivity index (χ1v) is 11.4. The number of nitrogens with one attached hydrogen (secondary N) is 1. The number of fused-ring (bicyclic) bond motifs is 2. The van der Waals surface area contributed by atoms with Crippen LogP contribution < -0.4 is 11.1 Å². The maximum atomic E-state index is 12.9. The van der Waals surface area contributed by atoms with Gasteiger partial charge in [-0.1, -0.05) is 33.3 Å². The van der Waals surface area contributed by atoms with Gasteiger partial charge < -0.3 is 16.2 Å². The van der Waals surface area contributed by atoms with Crippen molar-refractivity contribution in [1.82, 2.24) is 4.98 Å². The van der Waals surface area contributed by atoms with Gasteiger partial charge >= 0.3 is 5.97 Å². The van der Waals surface area contributed by atoms with Crippen LogP contribution in [0.5, 0.6) is 0 Å². The standard InChI is InChI=1S/C24H27N3O3S/c1-4-24(2,3)15-8-9-18-14(10-15)12-17-19(25)20(31-22(17)27-18)21(28)26-16-7-5-6-13(11-16)23(29)30/h5-7,11-12,15H,4,8-10,25H2,1-3H3,(H,26,28)(H,29,30). The summed E-state index contributed by atoms with van der Waals surface area (Å²) in [6, 6.07) is 8.27. The first-order valence-electron chi connectivity index (χ1n) is 10.5. The molecule has 0 fully saturated rings. The summed E-state index contributed by atoms with van der Waals surface area (Å²) >= 11 is 1.28. The number of amides is 1. The third-order valence-corrected chi connectivity index (χ3v) is 7.79. The number of hydrogen-bond donors (Lipinski definition) is 3. The average molecular weight is 438 g/mol. The van der Waals surface area contributed by atoms with Crippen molar-refractivity contribution >= 4 is 44.8 Å². The minimum absolute atomic E-state index is 0.112. The second-order valence-electron chi connectivity index (χ2n) is 8.91. The van der Waals surface area contributed by atoms with Crippen LogP contribution in [0.4, 0.5) is 11.4 Å². The molecule has 7 heteroatoms. The van der Waals surface area contributed by atoms with Crippen molar-refractivity contribution in [1.29, 1.82) is 0 Å². The number of nitrogen functional groups attached to an aromatic ring is 1. The van der Waals surface area contributed by atoms with Gasteiger partial charge in [0.05, 0.1) is 11.3 Å². The minimum Gasteiger partial charge on any atom is -0.478 e. The lowest BCUT2D eigenvalue weighted by Gasteiger charge is -2.36. The van der Waals surface area contributed by atoms with E-state index in [9.17, 15) is 9.59 Å². The summed E-state index contributed by atoms with van der Waals surface area (Å²) < 4.78 is 0. The van der Waals surface area contributed by atoms with E-state index in [1.165, 1.54) is 29.0 Å². The molecule has 0 saturated carbocycles. The molecule has 0 aliphatic heterocycles. The molecule has 1 aromatic carbocycles. The smallest absolute Gasteiger partial charge is 0.335 e. The number of carboxylic acid groups (broad SMARTS) is 1. The second kappa shape index (κ2) is 7.96. The normalized spacial score (nSPS) is 16.2. The van der Waals surface area contributed by atoms with Crippen LogP contribution >= 0.6 is 11.3 Å². The van der Waals surface area contributed by atoms with Crippen LogP contribution in [0.2, 0.25) is 0 Å². The number of nitrogens with two attached hydrogens (primary N) is 1. The highest BCUT2D eigenvalue weighted by Crippen LogP contribution is 2.42. The fourth-order valence-corrected chi connectivity index (χ4v) is 5.22. The molecule has 1 aliphatic rings. The van der Waals surface area contributed by atoms with Gasteiger partial charge in [-0.05, 0) is 60.4 Å². The topological polar surface area (TPSA) is 105 Å². The summed E-state index contributed by atoms with van der Waals surface area (Å²) in [6.07, 6.45) is 4.19. The predicted molar refractivity (Wildman–Crippen MR) is 125 cm³/mol. The van der Waals surface area contributed by atoms with Crippen molar-refractivity contribution in [3.8, 4) is 0 Å². The molecule has 3 aromatic rings. The number of anilines is 2. The van der Waals surface area contributed by atoms with E-state index in [0.29, 0.717) is 22.2 Å². The first-order chi connectivity index (χ1) is 14.7. The lowest BCUT2D eigenvalue weighted by atomic mass is 9.69. The molecular formula is C24H27N3O3S. The molecule has 0 saturated heterocycles. The van der Waals surface area contributed by atoms with E-state index in [2.05, 4.69) is 32.2 Å². The molecule has 0 bridgehead atoms. The summed E-state index contributed by atoms with van der Waals surface area (Å²) in [6.45, 7) is 6.90. The lowest BCUT2D eigenvalue weighted by molar-refractivity contribution is 0.0696. The highest BCUT2D eigenvalue weighted by atomic mass is 32.1. The molecular weight excluding hydrogens is 410 g/mol. The monoisotopic (exact) mass is 437 g/mol. The van der Waals surface area contributed by atoms with Gasteiger partial charge in [0, 0.05) is 16.8 Å². The molecule has 1 unspecified atom stereocenters. The number of nitrogens with zero attached hydrogens (tertiary/aromatic N) is 1. The number of aromatic carboxylic acids is 1. The molecule has 0 radical (unpaired) electrons. The van der Waals surface area contributed by atoms with Crippen molar-refractivity contribution in [2.24, 2.45) is 11.3 Å². The summed E-state index contributed by atoms with van der Waals surface area (Å²) in [4.78, 5) is 30.1. The molecule has 162 valence electrons. The molecule has 1 aliphatic carbocycles. The number of hydrogen-bond acceptors (Lipinski definition) is 5. The van der Waals surface area contributed by atoms with Crippen LogP contribution in [0, 0.1) is 11.3 Å². The van der Waals surface area contributed by atoms with Crippen LogP contribution in [-0.2, 0) is 12.8 Å². The van der Waals surface area contributed by atoms with Crippen LogP contribution in [0.3, 0.4) is 0 Å². The quantitative estimate of drug-likeness (QED) is 0.498. The first kappa shape index (κ1) is 21.3. The van der Waals surface area contributed by atoms with Crippen LogP contribution in [0.1, 0.15) is 64.9 Å². The van der Waals surface area contributed by atoms with Crippen molar-refractivity contribution < 1.29 is 14.7 Å². The highest BCUT2D eigenvalue weighted by molar-refractivity contribution is 7.21. The second-order valence-corrected chi connectivity index (χ2v) is 9.91. The Morgan fingerprint density at radius 1 is 1.32 bits per heavy atom. The Morgan fingerprint density at radius 3 is 2.81 bits per heavy atom. The van der Waals surface area contributed by atoms with Crippen molar-refractivity contribution in [3.05, 3.63) is 52.0 Å². The number of pyridine rings is 1. The number of aromatic nitrogens is 1. The molecule has 1 atom stereocenters. The zero-order valence-corrected chi connectivity index (χ0v) is 18.8. The predicted octanol–water partition coefficient (Wildman–Crippen LogP) is 5.37. The summed E-state index contributed by atoms with van der Waals surface area (Å²) in [5.41, 5.74) is 9.95. The van der Waals surface area contributed by atoms with Gasteiger partial charge in [-0.2, -0.15) is 0 Å². The van der Waals surface area contributed by atoms with Gasteiger partial charge in [-0.15, -0.1) is 11.3 Å². The number of benzene rings is 1. The van der Waals surface area contributed by atoms with E-state index in [-0.39, 0.29) is 16.9 Å². The van der Waals surface area contributed by atoms with Gasteiger partial charge in [-0.3, -0.25) is 4.79 Å². The van der Waals surface area contributed by atoms with Gasteiger partial charge in [0.2, 0.25) is 0 Å². The number of carboxylic acids is 1. The molecule has 2 aromatic heterocycles. The SMILES string of the molecule is CCC(C)(C)C1CCc2nc3sc(C(=O)Nc4cccc(C(=O)O)c4)c(N)c3cc2C1. The van der Waals surface area contributed by atoms with E-state index in [0.717, 1.165) is 41.6 Å². The van der Waals surface area contributed by atoms with Gasteiger partial charge in [0.25, 0.3) is 5.91 Å². The number of aryl methyl sites for hydroxylation is 1. The number of thiophene rings is 1. The summed E-state index contributed by atoms with van der Waals surface area (Å²) in [7, 11) is 0. The molecule has 4 rings (SSSR count). The van der Waals surface area contributed by atoms with E-state index in [1.807, 2.05) is 0 Å². The van der Waals surface area contributed by atoms with E-state index in [1.54, 1.807) is 12.1 Å². The zero-order chi connectivity index (χ0) is 22.3. The number of carbonyl (C=O) groups is 2. The molecule has 1 amide bonds.